The number of anilines is 2. The van der Waals surface area contributed by atoms with Crippen LogP contribution in [0.5, 0.6) is 0 Å². The van der Waals surface area contributed by atoms with Crippen LogP contribution in [0.2, 0.25) is 0 Å². The number of nitrogens with zero attached hydrogens (tertiary/aromatic N) is 2. The molecule has 5 heteroatoms. The number of hydrogen-bond donors (Lipinski definition) is 2. The summed E-state index contributed by atoms with van der Waals surface area (Å²) in [4.78, 5) is 17.6. The molecule has 1 saturated heterocycles. The number of carbonyl (C=O) groups is 1. The summed E-state index contributed by atoms with van der Waals surface area (Å²) in [5.74, 6) is 1.05. The highest BCUT2D eigenvalue weighted by molar-refractivity contribution is 5.82. The lowest BCUT2D eigenvalue weighted by molar-refractivity contribution is -0.125. The maximum Gasteiger partial charge on any atom is 0.225 e. The Balaban J connectivity index is 2.18. The molecule has 1 amide bonds. The van der Waals surface area contributed by atoms with Gasteiger partial charge in [0.25, 0.3) is 0 Å². The predicted molar refractivity (Wildman–Crippen MR) is 62.8 cm³/mol. The van der Waals surface area contributed by atoms with Gasteiger partial charge in [-0.3, -0.25) is 4.79 Å². The van der Waals surface area contributed by atoms with E-state index in [1.807, 2.05) is 24.0 Å². The Kier molecular flexibility index (Phi) is 2.46. The van der Waals surface area contributed by atoms with Gasteiger partial charge >= 0.3 is 0 Å². The highest BCUT2D eigenvalue weighted by Crippen LogP contribution is 2.32. The van der Waals surface area contributed by atoms with Crippen molar-refractivity contribution in [2.24, 2.45) is 11.1 Å². The number of amides is 1. The molecule has 0 saturated carbocycles. The number of hydrogen-bond acceptors (Lipinski definition) is 4. The third kappa shape index (κ3) is 1.80. The van der Waals surface area contributed by atoms with Crippen LogP contribution in [0, 0.1) is 5.41 Å². The number of nitrogen functional groups attached to an aromatic ring is 1. The van der Waals surface area contributed by atoms with Gasteiger partial charge in [0.05, 0.1) is 5.41 Å². The summed E-state index contributed by atoms with van der Waals surface area (Å²) in [6, 6.07) is 5.49. The molecule has 1 fully saturated rings. The monoisotopic (exact) mass is 220 g/mol. The van der Waals surface area contributed by atoms with Crippen LogP contribution < -0.4 is 16.4 Å². The Labute approximate surface area is 94.4 Å². The van der Waals surface area contributed by atoms with Crippen molar-refractivity contribution in [2.45, 2.75) is 13.3 Å². The van der Waals surface area contributed by atoms with Crippen LogP contribution >= 0.6 is 0 Å². The van der Waals surface area contributed by atoms with Crippen molar-refractivity contribution in [3.63, 3.8) is 0 Å². The van der Waals surface area contributed by atoms with Gasteiger partial charge in [0.2, 0.25) is 5.91 Å². The number of nitrogens with two attached hydrogens (primary N) is 2. The van der Waals surface area contributed by atoms with E-state index in [1.54, 1.807) is 6.07 Å². The highest BCUT2D eigenvalue weighted by Gasteiger charge is 2.39. The molecule has 1 unspecified atom stereocenters. The van der Waals surface area contributed by atoms with Gasteiger partial charge in [0.15, 0.2) is 0 Å². The second kappa shape index (κ2) is 3.66. The van der Waals surface area contributed by atoms with Gasteiger partial charge in [-0.2, -0.15) is 0 Å². The molecule has 0 aromatic carbocycles. The quantitative estimate of drug-likeness (QED) is 0.753. The van der Waals surface area contributed by atoms with Crippen molar-refractivity contribution in [1.82, 2.24) is 4.98 Å². The first-order chi connectivity index (χ1) is 7.51. The Bertz CT molecular complexity index is 420. The van der Waals surface area contributed by atoms with Gasteiger partial charge in [0, 0.05) is 13.1 Å². The van der Waals surface area contributed by atoms with E-state index in [9.17, 15) is 4.79 Å². The topological polar surface area (TPSA) is 85.2 Å². The van der Waals surface area contributed by atoms with Gasteiger partial charge < -0.3 is 16.4 Å². The van der Waals surface area contributed by atoms with Crippen LogP contribution in [0.4, 0.5) is 11.6 Å². The summed E-state index contributed by atoms with van der Waals surface area (Å²) in [5, 5.41) is 0. The first kappa shape index (κ1) is 10.7. The molecule has 2 heterocycles. The average molecular weight is 220 g/mol. The summed E-state index contributed by atoms with van der Waals surface area (Å²) < 4.78 is 0. The maximum atomic E-state index is 11.3. The summed E-state index contributed by atoms with van der Waals surface area (Å²) in [5.41, 5.74) is 10.6. The Morgan fingerprint density at radius 1 is 1.56 bits per heavy atom. The van der Waals surface area contributed by atoms with E-state index in [4.69, 9.17) is 11.5 Å². The fourth-order valence-electron chi connectivity index (χ4n) is 1.97. The Morgan fingerprint density at radius 3 is 2.88 bits per heavy atom. The number of pyridine rings is 1. The standard InChI is InChI=1S/C11H16N4O/c1-11(10(13)16)5-6-15(7-11)9-4-2-3-8(12)14-9/h2-4H,5-7H2,1H3,(H2,12,14)(H2,13,16). The van der Waals surface area contributed by atoms with Crippen LogP contribution in [-0.2, 0) is 4.79 Å². The van der Waals surface area contributed by atoms with E-state index in [-0.39, 0.29) is 5.91 Å². The van der Waals surface area contributed by atoms with E-state index in [0.717, 1.165) is 18.8 Å². The maximum absolute atomic E-state index is 11.3. The number of primary amides is 1. The first-order valence-corrected chi connectivity index (χ1v) is 5.29. The molecule has 86 valence electrons. The van der Waals surface area contributed by atoms with Crippen LogP contribution in [0.15, 0.2) is 18.2 Å². The first-order valence-electron chi connectivity index (χ1n) is 5.29. The minimum absolute atomic E-state index is 0.251. The highest BCUT2D eigenvalue weighted by atomic mass is 16.1. The van der Waals surface area contributed by atoms with Crippen molar-refractivity contribution in [3.8, 4) is 0 Å². The van der Waals surface area contributed by atoms with E-state index >= 15 is 0 Å². The zero-order chi connectivity index (χ0) is 11.8. The van der Waals surface area contributed by atoms with Gasteiger partial charge in [0.1, 0.15) is 11.6 Å². The van der Waals surface area contributed by atoms with Crippen molar-refractivity contribution in [3.05, 3.63) is 18.2 Å². The third-order valence-corrected chi connectivity index (χ3v) is 3.15. The van der Waals surface area contributed by atoms with Crippen molar-refractivity contribution in [1.29, 1.82) is 0 Å². The lowest BCUT2D eigenvalue weighted by Crippen LogP contribution is -2.37. The Hall–Kier alpha value is -1.78. The minimum atomic E-state index is -0.452. The number of rotatable bonds is 2. The molecule has 2 rings (SSSR count). The second-order valence-electron chi connectivity index (χ2n) is 4.52. The van der Waals surface area contributed by atoms with Crippen molar-refractivity contribution >= 4 is 17.5 Å². The molecule has 1 aromatic rings. The lowest BCUT2D eigenvalue weighted by atomic mass is 9.89. The van der Waals surface area contributed by atoms with Crippen LogP contribution in [0.1, 0.15) is 13.3 Å². The molecule has 0 aliphatic carbocycles. The largest absolute Gasteiger partial charge is 0.384 e. The zero-order valence-electron chi connectivity index (χ0n) is 9.31. The molecule has 5 nitrogen and oxygen atoms in total. The predicted octanol–water partition coefficient (Wildman–Crippen LogP) is 0.365. The minimum Gasteiger partial charge on any atom is -0.384 e. The van der Waals surface area contributed by atoms with E-state index in [1.165, 1.54) is 0 Å². The third-order valence-electron chi connectivity index (χ3n) is 3.15. The normalized spacial score (nSPS) is 24.7. The van der Waals surface area contributed by atoms with Crippen LogP contribution in [-0.4, -0.2) is 24.0 Å². The fraction of sp³-hybridized carbons (Fsp3) is 0.455. The summed E-state index contributed by atoms with van der Waals surface area (Å²) in [6.07, 6.45) is 0.763. The molecule has 1 atom stereocenters. The molecule has 1 aliphatic heterocycles. The second-order valence-corrected chi connectivity index (χ2v) is 4.52. The molecule has 0 radical (unpaired) electrons. The SMILES string of the molecule is CC1(C(N)=O)CCN(c2cccc(N)n2)C1. The van der Waals surface area contributed by atoms with E-state index in [2.05, 4.69) is 4.98 Å². The molecule has 16 heavy (non-hydrogen) atoms. The van der Waals surface area contributed by atoms with Crippen molar-refractivity contribution in [2.75, 3.05) is 23.7 Å². The molecular weight excluding hydrogens is 204 g/mol. The van der Waals surface area contributed by atoms with Gasteiger partial charge in [-0.1, -0.05) is 6.07 Å². The van der Waals surface area contributed by atoms with Crippen LogP contribution in [0.3, 0.4) is 0 Å². The van der Waals surface area contributed by atoms with E-state index < -0.39 is 5.41 Å². The van der Waals surface area contributed by atoms with Crippen molar-refractivity contribution < 1.29 is 4.79 Å². The zero-order valence-corrected chi connectivity index (χ0v) is 9.31. The fourth-order valence-corrected chi connectivity index (χ4v) is 1.97. The molecule has 4 N–H and O–H groups in total. The molecular formula is C11H16N4O. The summed E-state index contributed by atoms with van der Waals surface area (Å²) >= 11 is 0. The van der Waals surface area contributed by atoms with Gasteiger partial charge in [-0.05, 0) is 25.5 Å². The molecule has 1 aliphatic rings. The number of aromatic nitrogens is 1. The smallest absolute Gasteiger partial charge is 0.225 e. The summed E-state index contributed by atoms with van der Waals surface area (Å²) in [6.45, 7) is 3.29. The van der Waals surface area contributed by atoms with Gasteiger partial charge in [-0.25, -0.2) is 4.98 Å². The van der Waals surface area contributed by atoms with Gasteiger partial charge in [-0.15, -0.1) is 0 Å². The average Bonchev–Trinajstić information content (AvgIpc) is 2.62. The Morgan fingerprint density at radius 2 is 2.31 bits per heavy atom. The van der Waals surface area contributed by atoms with E-state index in [0.29, 0.717) is 12.4 Å². The summed E-state index contributed by atoms with van der Waals surface area (Å²) in [7, 11) is 0. The molecule has 1 aromatic heterocycles. The molecule has 0 bridgehead atoms. The van der Waals surface area contributed by atoms with Crippen LogP contribution in [0.25, 0.3) is 0 Å². The number of carbonyl (C=O) groups excluding carboxylic acids is 1. The molecule has 0 spiro atoms. The lowest BCUT2D eigenvalue weighted by Gasteiger charge is -2.21.